The van der Waals surface area contributed by atoms with Crippen LogP contribution in [0.25, 0.3) is 0 Å². The average Bonchev–Trinajstić information content (AvgIpc) is 2.03. The summed E-state index contributed by atoms with van der Waals surface area (Å²) in [6.07, 6.45) is 1.97. The predicted molar refractivity (Wildman–Crippen MR) is 49.7 cm³/mol. The molecule has 0 rings (SSSR count). The van der Waals surface area contributed by atoms with E-state index in [1.54, 1.807) is 0 Å². The normalized spacial score (nSPS) is 11.8. The molecule has 0 saturated carbocycles. The minimum atomic E-state index is 0.222. The molecule has 0 aliphatic rings. The number of nitrogens with zero attached hydrogens (tertiary/aromatic N) is 1. The Morgan fingerprint density at radius 1 is 1.36 bits per heavy atom. The Hall–Kier alpha value is -0.370. The molecule has 0 saturated heterocycles. The lowest BCUT2D eigenvalue weighted by molar-refractivity contribution is -0.111. The van der Waals surface area contributed by atoms with Gasteiger partial charge in [-0.3, -0.25) is 0 Å². The molecule has 0 fully saturated rings. The van der Waals surface area contributed by atoms with E-state index in [9.17, 15) is 4.79 Å². The van der Waals surface area contributed by atoms with Crippen molar-refractivity contribution in [3.63, 3.8) is 0 Å². The molecule has 1 unspecified atom stereocenters. The number of hydrogen-bond acceptors (Lipinski definition) is 2. The minimum absolute atomic E-state index is 0.222. The van der Waals surface area contributed by atoms with Crippen molar-refractivity contribution < 1.29 is 4.79 Å². The van der Waals surface area contributed by atoms with Crippen LogP contribution in [0, 0.1) is 5.92 Å². The van der Waals surface area contributed by atoms with Crippen LogP contribution < -0.4 is 0 Å². The molecule has 0 aliphatic carbocycles. The van der Waals surface area contributed by atoms with E-state index in [0.29, 0.717) is 0 Å². The fourth-order valence-corrected chi connectivity index (χ4v) is 0.737. The maximum atomic E-state index is 10.2. The van der Waals surface area contributed by atoms with Crippen molar-refractivity contribution >= 4 is 6.29 Å². The fourth-order valence-electron chi connectivity index (χ4n) is 0.737. The summed E-state index contributed by atoms with van der Waals surface area (Å²) in [5.41, 5.74) is 0. The van der Waals surface area contributed by atoms with Gasteiger partial charge in [-0.05, 0) is 20.5 Å². The van der Waals surface area contributed by atoms with Crippen molar-refractivity contribution in [2.75, 3.05) is 20.6 Å². The molecule has 68 valence electrons. The van der Waals surface area contributed by atoms with Crippen LogP contribution in [0.5, 0.6) is 0 Å². The van der Waals surface area contributed by atoms with Crippen molar-refractivity contribution in [1.29, 1.82) is 0 Å². The van der Waals surface area contributed by atoms with E-state index >= 15 is 0 Å². The molecule has 0 radical (unpaired) electrons. The number of aldehydes is 1. The molecule has 0 aromatic carbocycles. The van der Waals surface area contributed by atoms with E-state index in [-0.39, 0.29) is 5.92 Å². The van der Waals surface area contributed by atoms with Gasteiger partial charge in [0.1, 0.15) is 6.29 Å². The molecule has 0 bridgehead atoms. The van der Waals surface area contributed by atoms with Gasteiger partial charge >= 0.3 is 0 Å². The van der Waals surface area contributed by atoms with E-state index in [1.165, 1.54) is 0 Å². The zero-order valence-electron chi connectivity index (χ0n) is 8.42. The third kappa shape index (κ3) is 9.63. The standard InChI is InChI=1S/C7H15NO.C2H6/c1-4-7(6-9)5-8(2)3;1-2/h6-7H,4-5H2,1-3H3;1-2H3. The SMILES string of the molecule is CC.CCC(C=O)CN(C)C. The van der Waals surface area contributed by atoms with Gasteiger partial charge in [-0.1, -0.05) is 20.8 Å². The summed E-state index contributed by atoms with van der Waals surface area (Å²) in [4.78, 5) is 12.3. The Morgan fingerprint density at radius 2 is 1.82 bits per heavy atom. The van der Waals surface area contributed by atoms with Gasteiger partial charge in [0, 0.05) is 12.5 Å². The molecule has 0 aromatic rings. The van der Waals surface area contributed by atoms with Crippen molar-refractivity contribution in [3.8, 4) is 0 Å². The van der Waals surface area contributed by atoms with Gasteiger partial charge in [0.2, 0.25) is 0 Å². The van der Waals surface area contributed by atoms with Crippen LogP contribution in [0.15, 0.2) is 0 Å². The predicted octanol–water partition coefficient (Wildman–Crippen LogP) is 1.80. The second-order valence-electron chi connectivity index (χ2n) is 2.57. The Bertz CT molecular complexity index is 81.6. The molecule has 0 aliphatic heterocycles. The first kappa shape index (κ1) is 13.2. The van der Waals surface area contributed by atoms with Gasteiger partial charge < -0.3 is 9.69 Å². The van der Waals surface area contributed by atoms with Gasteiger partial charge in [0.05, 0.1) is 0 Å². The maximum absolute atomic E-state index is 10.2. The highest BCUT2D eigenvalue weighted by Gasteiger charge is 2.03. The zero-order chi connectivity index (χ0) is 9.28. The smallest absolute Gasteiger partial charge is 0.124 e. The van der Waals surface area contributed by atoms with Crippen LogP contribution in [-0.2, 0) is 4.79 Å². The second kappa shape index (κ2) is 9.63. The quantitative estimate of drug-likeness (QED) is 0.583. The largest absolute Gasteiger partial charge is 0.309 e. The Kier molecular flexibility index (Phi) is 11.6. The summed E-state index contributed by atoms with van der Waals surface area (Å²) >= 11 is 0. The number of carbonyl (C=O) groups is 1. The molecular formula is C9H21NO. The summed E-state index contributed by atoms with van der Waals surface area (Å²) < 4.78 is 0. The molecule has 0 amide bonds. The molecular weight excluding hydrogens is 138 g/mol. The summed E-state index contributed by atoms with van der Waals surface area (Å²) in [7, 11) is 3.96. The highest BCUT2D eigenvalue weighted by atomic mass is 16.1. The first-order valence-corrected chi connectivity index (χ1v) is 4.30. The van der Waals surface area contributed by atoms with E-state index in [1.807, 2.05) is 39.8 Å². The lowest BCUT2D eigenvalue weighted by atomic mass is 10.1. The molecule has 2 nitrogen and oxygen atoms in total. The first-order chi connectivity index (χ1) is 5.20. The molecule has 1 atom stereocenters. The average molecular weight is 159 g/mol. The summed E-state index contributed by atoms with van der Waals surface area (Å²) in [6, 6.07) is 0. The van der Waals surface area contributed by atoms with Crippen LogP contribution in [0.3, 0.4) is 0 Å². The van der Waals surface area contributed by atoms with Crippen LogP contribution >= 0.6 is 0 Å². The topological polar surface area (TPSA) is 20.3 Å². The second-order valence-corrected chi connectivity index (χ2v) is 2.57. The van der Waals surface area contributed by atoms with E-state index in [4.69, 9.17) is 0 Å². The third-order valence-corrected chi connectivity index (χ3v) is 1.32. The molecule has 11 heavy (non-hydrogen) atoms. The number of carbonyl (C=O) groups excluding carboxylic acids is 1. The van der Waals surface area contributed by atoms with Crippen LogP contribution in [-0.4, -0.2) is 31.8 Å². The summed E-state index contributed by atoms with van der Waals surface area (Å²) in [6.45, 7) is 6.91. The van der Waals surface area contributed by atoms with Crippen molar-refractivity contribution in [2.24, 2.45) is 5.92 Å². The fraction of sp³-hybridized carbons (Fsp3) is 0.889. The van der Waals surface area contributed by atoms with E-state index in [2.05, 4.69) is 0 Å². The third-order valence-electron chi connectivity index (χ3n) is 1.32. The van der Waals surface area contributed by atoms with E-state index < -0.39 is 0 Å². The monoisotopic (exact) mass is 159 g/mol. The molecule has 0 aromatic heterocycles. The zero-order valence-corrected chi connectivity index (χ0v) is 8.42. The molecule has 0 heterocycles. The van der Waals surface area contributed by atoms with Gasteiger partial charge in [0.25, 0.3) is 0 Å². The molecule has 2 heteroatoms. The Balaban J connectivity index is 0. The van der Waals surface area contributed by atoms with Gasteiger partial charge in [0.15, 0.2) is 0 Å². The highest BCUT2D eigenvalue weighted by Crippen LogP contribution is 1.97. The Morgan fingerprint density at radius 3 is 1.91 bits per heavy atom. The molecule has 0 N–H and O–H groups in total. The van der Waals surface area contributed by atoms with Crippen LogP contribution in [0.4, 0.5) is 0 Å². The Labute approximate surface area is 70.6 Å². The summed E-state index contributed by atoms with van der Waals surface area (Å²) in [5, 5.41) is 0. The van der Waals surface area contributed by atoms with Gasteiger partial charge in [-0.2, -0.15) is 0 Å². The maximum Gasteiger partial charge on any atom is 0.124 e. The van der Waals surface area contributed by atoms with Crippen LogP contribution in [0.1, 0.15) is 27.2 Å². The highest BCUT2D eigenvalue weighted by molar-refractivity contribution is 5.53. The van der Waals surface area contributed by atoms with Gasteiger partial charge in [-0.15, -0.1) is 0 Å². The van der Waals surface area contributed by atoms with Gasteiger partial charge in [-0.25, -0.2) is 0 Å². The first-order valence-electron chi connectivity index (χ1n) is 4.30. The van der Waals surface area contributed by atoms with E-state index in [0.717, 1.165) is 19.3 Å². The number of rotatable bonds is 4. The van der Waals surface area contributed by atoms with Crippen molar-refractivity contribution in [2.45, 2.75) is 27.2 Å². The lowest BCUT2D eigenvalue weighted by Crippen LogP contribution is -2.21. The lowest BCUT2D eigenvalue weighted by Gasteiger charge is -2.12. The number of hydrogen-bond donors (Lipinski definition) is 0. The molecule has 0 spiro atoms. The van der Waals surface area contributed by atoms with Crippen LogP contribution in [0.2, 0.25) is 0 Å². The minimum Gasteiger partial charge on any atom is -0.309 e. The van der Waals surface area contributed by atoms with Crippen molar-refractivity contribution in [3.05, 3.63) is 0 Å². The van der Waals surface area contributed by atoms with Crippen molar-refractivity contribution in [1.82, 2.24) is 4.90 Å². The summed E-state index contributed by atoms with van der Waals surface area (Å²) in [5.74, 6) is 0.222.